The van der Waals surface area contributed by atoms with Gasteiger partial charge in [-0.25, -0.2) is 9.59 Å². The topological polar surface area (TPSA) is 176 Å². The molecule has 1 aromatic heterocycles. The number of imide groups is 2. The molecule has 0 spiro atoms. The zero-order valence-corrected chi connectivity index (χ0v) is 19.0. The first-order valence-electron chi connectivity index (χ1n) is 10.7. The number of carboxylic acid groups (broad SMARTS) is 1. The summed E-state index contributed by atoms with van der Waals surface area (Å²) in [6.07, 6.45) is -1.69. The van der Waals surface area contributed by atoms with Crippen LogP contribution < -0.4 is 26.0 Å². The third kappa shape index (κ3) is 4.92. The van der Waals surface area contributed by atoms with Crippen molar-refractivity contribution in [2.24, 2.45) is 0 Å². The van der Waals surface area contributed by atoms with Gasteiger partial charge in [-0.1, -0.05) is 18.2 Å². The van der Waals surface area contributed by atoms with E-state index in [-0.39, 0.29) is 12.2 Å². The minimum Gasteiger partial charge on any atom is -0.489 e. The minimum atomic E-state index is -2.41. The van der Waals surface area contributed by atoms with E-state index in [1.165, 1.54) is 12.1 Å². The number of barbiturate groups is 1. The zero-order valence-electron chi connectivity index (χ0n) is 19.0. The van der Waals surface area contributed by atoms with Crippen LogP contribution in [-0.4, -0.2) is 52.0 Å². The maximum Gasteiger partial charge on any atom is 0.405 e. The number of carbonyl (C=O) groups is 5. The van der Waals surface area contributed by atoms with Gasteiger partial charge in [0.25, 0.3) is 17.7 Å². The predicted molar refractivity (Wildman–Crippen MR) is 125 cm³/mol. The Balaban J connectivity index is 1.42. The molecule has 1 aliphatic rings. The van der Waals surface area contributed by atoms with E-state index in [2.05, 4.69) is 10.3 Å². The smallest absolute Gasteiger partial charge is 0.405 e. The molecule has 1 fully saturated rings. The molecule has 184 valence electrons. The van der Waals surface area contributed by atoms with Crippen LogP contribution in [0.5, 0.6) is 5.75 Å². The van der Waals surface area contributed by atoms with E-state index in [4.69, 9.17) is 9.84 Å². The lowest BCUT2D eigenvalue weighted by atomic mass is 9.95. The number of ether oxygens (including phenoxy) is 1. The number of fused-ring (bicyclic) bond motifs is 1. The van der Waals surface area contributed by atoms with Gasteiger partial charge in [0, 0.05) is 22.2 Å². The number of rotatable bonds is 7. The second-order valence-electron chi connectivity index (χ2n) is 8.01. The first-order valence-corrected chi connectivity index (χ1v) is 10.7. The summed E-state index contributed by atoms with van der Waals surface area (Å²) in [7, 11) is 0. The van der Waals surface area contributed by atoms with Crippen molar-refractivity contribution in [3.63, 3.8) is 0 Å². The number of aryl methyl sites for hydroxylation is 1. The third-order valence-electron chi connectivity index (χ3n) is 5.50. The zero-order chi connectivity index (χ0) is 25.9. The van der Waals surface area contributed by atoms with E-state index in [0.717, 1.165) is 22.2 Å². The quantitative estimate of drug-likeness (QED) is 0.307. The van der Waals surface area contributed by atoms with Gasteiger partial charge in [-0.3, -0.25) is 35.3 Å². The summed E-state index contributed by atoms with van der Waals surface area (Å²) in [5, 5.41) is 17.8. The lowest BCUT2D eigenvalue weighted by Gasteiger charge is -2.33. The van der Waals surface area contributed by atoms with Gasteiger partial charge in [-0.05, 0) is 43.3 Å². The van der Waals surface area contributed by atoms with Crippen molar-refractivity contribution in [2.45, 2.75) is 19.1 Å². The van der Waals surface area contributed by atoms with Gasteiger partial charge in [-0.2, -0.15) is 0 Å². The predicted octanol–water partition coefficient (Wildman–Crippen LogP) is 1.22. The molecule has 0 saturated carbocycles. The van der Waals surface area contributed by atoms with Crippen LogP contribution in [0, 0.1) is 6.92 Å². The Labute approximate surface area is 204 Å². The van der Waals surface area contributed by atoms with E-state index in [0.29, 0.717) is 5.75 Å². The number of benzene rings is 2. The highest BCUT2D eigenvalue weighted by atomic mass is 16.5. The van der Waals surface area contributed by atoms with Crippen molar-refractivity contribution in [3.8, 4) is 5.75 Å². The molecule has 0 atom stereocenters. The number of carbonyl (C=O) groups excluding carboxylic acids is 4. The van der Waals surface area contributed by atoms with E-state index in [1.807, 2.05) is 47.9 Å². The fraction of sp³-hybridized carbons (Fsp3) is 0.167. The maximum atomic E-state index is 12.6. The normalized spacial score (nSPS) is 14.5. The summed E-state index contributed by atoms with van der Waals surface area (Å²) < 4.78 is 5.87. The lowest BCUT2D eigenvalue weighted by molar-refractivity contribution is -0.139. The Morgan fingerprint density at radius 3 is 2.36 bits per heavy atom. The van der Waals surface area contributed by atoms with Crippen molar-refractivity contribution in [2.75, 3.05) is 6.54 Å². The average molecular weight is 491 g/mol. The minimum absolute atomic E-state index is 0.172. The third-order valence-corrected chi connectivity index (χ3v) is 5.50. The van der Waals surface area contributed by atoms with Gasteiger partial charge < -0.3 is 15.2 Å². The number of para-hydroxylation sites is 1. The second-order valence-corrected chi connectivity index (χ2v) is 8.01. The van der Waals surface area contributed by atoms with Crippen molar-refractivity contribution < 1.29 is 33.8 Å². The Hall–Kier alpha value is -5.00. The lowest BCUT2D eigenvalue weighted by Crippen LogP contribution is -2.76. The monoisotopic (exact) mass is 491 g/mol. The largest absolute Gasteiger partial charge is 0.489 e. The SMILES string of the molecule is Cc1cc(COc2ccc(C(=O)NCC3(NC(=O)O)C(=O)NC(=O)NC3=O)cc2)c2ccccc2n1. The van der Waals surface area contributed by atoms with Crippen LogP contribution in [0.2, 0.25) is 0 Å². The number of pyridine rings is 1. The summed E-state index contributed by atoms with van der Waals surface area (Å²) in [4.78, 5) is 64.1. The van der Waals surface area contributed by atoms with Gasteiger partial charge in [-0.15, -0.1) is 0 Å². The average Bonchev–Trinajstić information content (AvgIpc) is 2.83. The molecule has 0 aliphatic carbocycles. The number of aromatic nitrogens is 1. The molecule has 0 radical (unpaired) electrons. The Kier molecular flexibility index (Phi) is 6.50. The van der Waals surface area contributed by atoms with Crippen molar-refractivity contribution in [3.05, 3.63) is 71.4 Å². The number of hydrogen-bond donors (Lipinski definition) is 5. The number of hydrogen-bond acceptors (Lipinski definition) is 7. The van der Waals surface area contributed by atoms with Crippen LogP contribution in [0.15, 0.2) is 54.6 Å². The van der Waals surface area contributed by atoms with E-state index < -0.39 is 41.9 Å². The maximum absolute atomic E-state index is 12.6. The summed E-state index contributed by atoms with van der Waals surface area (Å²) in [6, 6.07) is 14.7. The standard InChI is InChI=1S/C24H21N5O7/c1-13-10-15(17-4-2-3-5-18(17)26-13)11-36-16-8-6-14(7-9-16)19(30)25-12-24(29-23(34)35)20(31)27-22(33)28-21(24)32/h2-10,29H,11-12H2,1H3,(H,25,30)(H,34,35)(H2,27,28,31,32,33). The van der Waals surface area contributed by atoms with Crippen molar-refractivity contribution >= 4 is 40.7 Å². The van der Waals surface area contributed by atoms with E-state index in [1.54, 1.807) is 17.4 Å². The fourth-order valence-corrected chi connectivity index (χ4v) is 3.75. The Morgan fingerprint density at radius 2 is 1.69 bits per heavy atom. The van der Waals surface area contributed by atoms with Crippen molar-refractivity contribution in [1.82, 2.24) is 26.3 Å². The summed E-state index contributed by atoms with van der Waals surface area (Å²) in [5.41, 5.74) is 0.440. The Bertz CT molecular complexity index is 1370. The van der Waals surface area contributed by atoms with Crippen LogP contribution in [-0.2, 0) is 16.2 Å². The molecular formula is C24H21N5O7. The fourth-order valence-electron chi connectivity index (χ4n) is 3.75. The molecule has 3 aromatic rings. The summed E-state index contributed by atoms with van der Waals surface area (Å²) in [6.45, 7) is 1.45. The highest BCUT2D eigenvalue weighted by Gasteiger charge is 2.52. The first kappa shape index (κ1) is 24.1. The molecule has 2 heterocycles. The summed E-state index contributed by atoms with van der Waals surface area (Å²) in [5.74, 6) is -2.59. The molecule has 1 saturated heterocycles. The van der Waals surface area contributed by atoms with Gasteiger partial charge >= 0.3 is 12.1 Å². The highest BCUT2D eigenvalue weighted by Crippen LogP contribution is 2.21. The van der Waals surface area contributed by atoms with Gasteiger partial charge in [0.05, 0.1) is 12.1 Å². The molecule has 12 nitrogen and oxygen atoms in total. The van der Waals surface area contributed by atoms with Gasteiger partial charge in [0.1, 0.15) is 12.4 Å². The highest BCUT2D eigenvalue weighted by molar-refractivity contribution is 6.23. The molecule has 4 rings (SSSR count). The van der Waals surface area contributed by atoms with Crippen LogP contribution in [0.3, 0.4) is 0 Å². The van der Waals surface area contributed by atoms with Gasteiger partial charge in [0.2, 0.25) is 5.54 Å². The second kappa shape index (κ2) is 9.70. The van der Waals surface area contributed by atoms with Crippen LogP contribution in [0.25, 0.3) is 10.9 Å². The molecule has 12 heteroatoms. The number of amides is 6. The molecule has 2 aromatic carbocycles. The number of urea groups is 1. The van der Waals surface area contributed by atoms with Gasteiger partial charge in [0.15, 0.2) is 0 Å². The van der Waals surface area contributed by atoms with Crippen LogP contribution in [0.4, 0.5) is 9.59 Å². The first-order chi connectivity index (χ1) is 17.2. The van der Waals surface area contributed by atoms with E-state index in [9.17, 15) is 24.0 Å². The number of nitrogens with one attached hydrogen (secondary N) is 4. The van der Waals surface area contributed by atoms with E-state index >= 15 is 0 Å². The summed E-state index contributed by atoms with van der Waals surface area (Å²) >= 11 is 0. The Morgan fingerprint density at radius 1 is 1.03 bits per heavy atom. The molecule has 0 bridgehead atoms. The van der Waals surface area contributed by atoms with Crippen molar-refractivity contribution in [1.29, 1.82) is 0 Å². The van der Waals surface area contributed by atoms with Crippen LogP contribution >= 0.6 is 0 Å². The van der Waals surface area contributed by atoms with Crippen LogP contribution in [0.1, 0.15) is 21.6 Å². The molecule has 5 N–H and O–H groups in total. The molecule has 0 unspecified atom stereocenters. The molecule has 1 aliphatic heterocycles. The molecule has 36 heavy (non-hydrogen) atoms. The molecular weight excluding hydrogens is 470 g/mol. The number of nitrogens with zero attached hydrogens (tertiary/aromatic N) is 1. The molecule has 6 amide bonds.